The van der Waals surface area contributed by atoms with Gasteiger partial charge in [-0.05, 0) is 13.8 Å². The lowest BCUT2D eigenvalue weighted by molar-refractivity contribution is -0.145. The van der Waals surface area contributed by atoms with E-state index in [4.69, 9.17) is 0 Å². The second-order valence-electron chi connectivity index (χ2n) is 2.40. The number of rotatable bonds is 2. The molecule has 11 heavy (non-hydrogen) atoms. The van der Waals surface area contributed by atoms with E-state index in [1.54, 1.807) is 0 Å². The molecule has 2 amide bonds. The van der Waals surface area contributed by atoms with Crippen molar-refractivity contribution in [2.75, 3.05) is 13.1 Å². The number of hydrazine groups is 1. The Morgan fingerprint density at radius 2 is 1.45 bits per heavy atom. The summed E-state index contributed by atoms with van der Waals surface area (Å²) in [5.41, 5.74) is 0. The molecule has 0 bridgehead atoms. The topological polar surface area (TPSA) is 40.6 Å². The molecule has 1 saturated heterocycles. The largest absolute Gasteiger partial charge is 0.272 e. The predicted molar refractivity (Wildman–Crippen MR) is 39.4 cm³/mol. The molecule has 0 aliphatic carbocycles. The molecule has 4 heteroatoms. The SMILES string of the molecule is CCN1C(=O)CC(=O)N1CC. The smallest absolute Gasteiger partial charge is 0.250 e. The monoisotopic (exact) mass is 156 g/mol. The first kappa shape index (κ1) is 8.04. The maximum atomic E-state index is 11.0. The molecule has 0 N–H and O–H groups in total. The quantitative estimate of drug-likeness (QED) is 0.528. The zero-order chi connectivity index (χ0) is 8.43. The number of nitrogens with zero attached hydrogens (tertiary/aromatic N) is 2. The Kier molecular flexibility index (Phi) is 2.12. The fraction of sp³-hybridized carbons (Fsp3) is 0.714. The number of amides is 2. The van der Waals surface area contributed by atoms with Crippen molar-refractivity contribution in [2.24, 2.45) is 0 Å². The molecule has 0 atom stereocenters. The van der Waals surface area contributed by atoms with Gasteiger partial charge in [-0.1, -0.05) is 0 Å². The highest BCUT2D eigenvalue weighted by molar-refractivity contribution is 6.02. The summed E-state index contributed by atoms with van der Waals surface area (Å²) in [5.74, 6) is -0.168. The summed E-state index contributed by atoms with van der Waals surface area (Å²) in [7, 11) is 0. The van der Waals surface area contributed by atoms with Crippen LogP contribution in [0.15, 0.2) is 0 Å². The third-order valence-electron chi connectivity index (χ3n) is 1.77. The fourth-order valence-corrected chi connectivity index (χ4v) is 1.28. The van der Waals surface area contributed by atoms with Crippen molar-refractivity contribution in [1.29, 1.82) is 0 Å². The second kappa shape index (κ2) is 2.90. The van der Waals surface area contributed by atoms with Crippen molar-refractivity contribution in [3.63, 3.8) is 0 Å². The minimum atomic E-state index is -0.0839. The number of carbonyl (C=O) groups excluding carboxylic acids is 2. The molecule has 1 heterocycles. The van der Waals surface area contributed by atoms with E-state index < -0.39 is 0 Å². The molecule has 62 valence electrons. The van der Waals surface area contributed by atoms with Crippen LogP contribution in [0.2, 0.25) is 0 Å². The van der Waals surface area contributed by atoms with Crippen molar-refractivity contribution in [2.45, 2.75) is 20.3 Å². The average molecular weight is 156 g/mol. The van der Waals surface area contributed by atoms with E-state index in [9.17, 15) is 9.59 Å². The van der Waals surface area contributed by atoms with Crippen LogP contribution in [-0.2, 0) is 9.59 Å². The molecular weight excluding hydrogens is 144 g/mol. The summed E-state index contributed by atoms with van der Waals surface area (Å²) >= 11 is 0. The van der Waals surface area contributed by atoms with Crippen LogP contribution in [0.25, 0.3) is 0 Å². The van der Waals surface area contributed by atoms with Crippen LogP contribution in [0.5, 0.6) is 0 Å². The van der Waals surface area contributed by atoms with E-state index in [0.29, 0.717) is 13.1 Å². The third kappa shape index (κ3) is 1.20. The molecular formula is C7H12N2O2. The molecule has 1 aliphatic heterocycles. The predicted octanol–water partition coefficient (Wildman–Crippen LogP) is 0.00210. The minimum absolute atomic E-state index is 0.0433. The van der Waals surface area contributed by atoms with Crippen LogP contribution < -0.4 is 0 Å². The molecule has 0 aromatic heterocycles. The van der Waals surface area contributed by atoms with Crippen molar-refractivity contribution in [1.82, 2.24) is 10.0 Å². The molecule has 1 rings (SSSR count). The van der Waals surface area contributed by atoms with Crippen molar-refractivity contribution in [3.8, 4) is 0 Å². The standard InChI is InChI=1S/C7H12N2O2/c1-3-8-6(10)5-7(11)9(8)4-2/h3-5H2,1-2H3. The van der Waals surface area contributed by atoms with Gasteiger partial charge in [-0.3, -0.25) is 19.6 Å². The lowest BCUT2D eigenvalue weighted by Crippen LogP contribution is -2.40. The van der Waals surface area contributed by atoms with Crippen LogP contribution >= 0.6 is 0 Å². The molecule has 0 aromatic rings. The van der Waals surface area contributed by atoms with Crippen LogP contribution in [0, 0.1) is 0 Å². The molecule has 0 saturated carbocycles. The van der Waals surface area contributed by atoms with Gasteiger partial charge in [0.2, 0.25) is 0 Å². The van der Waals surface area contributed by atoms with Crippen LogP contribution in [0.1, 0.15) is 20.3 Å². The number of hydrogen-bond acceptors (Lipinski definition) is 2. The lowest BCUT2D eigenvalue weighted by Gasteiger charge is -2.24. The minimum Gasteiger partial charge on any atom is -0.272 e. The molecule has 0 radical (unpaired) electrons. The van der Waals surface area contributed by atoms with E-state index in [-0.39, 0.29) is 18.2 Å². The average Bonchev–Trinajstić information content (AvgIpc) is 2.24. The van der Waals surface area contributed by atoms with E-state index in [1.165, 1.54) is 10.0 Å². The van der Waals surface area contributed by atoms with E-state index >= 15 is 0 Å². The summed E-state index contributed by atoms with van der Waals surface area (Å²) in [6, 6.07) is 0. The zero-order valence-corrected chi connectivity index (χ0v) is 6.83. The molecule has 1 aliphatic rings. The summed E-state index contributed by atoms with van der Waals surface area (Å²) < 4.78 is 0. The van der Waals surface area contributed by atoms with Gasteiger partial charge in [-0.25, -0.2) is 0 Å². The maximum absolute atomic E-state index is 11.0. The van der Waals surface area contributed by atoms with Gasteiger partial charge in [0.1, 0.15) is 6.42 Å². The fourth-order valence-electron chi connectivity index (χ4n) is 1.28. The highest BCUT2D eigenvalue weighted by Crippen LogP contribution is 2.11. The van der Waals surface area contributed by atoms with Gasteiger partial charge in [-0.2, -0.15) is 0 Å². The van der Waals surface area contributed by atoms with Crippen LogP contribution in [0.4, 0.5) is 0 Å². The van der Waals surface area contributed by atoms with E-state index in [2.05, 4.69) is 0 Å². The Labute approximate surface area is 65.7 Å². The molecule has 0 unspecified atom stereocenters. The highest BCUT2D eigenvalue weighted by atomic mass is 16.2. The molecule has 4 nitrogen and oxygen atoms in total. The van der Waals surface area contributed by atoms with Crippen LogP contribution in [-0.4, -0.2) is 34.9 Å². The summed E-state index contributed by atoms with van der Waals surface area (Å²) in [6.07, 6.45) is 0.0433. The first-order chi connectivity index (χ1) is 5.20. The second-order valence-corrected chi connectivity index (χ2v) is 2.40. The Morgan fingerprint density at radius 3 is 1.73 bits per heavy atom. The van der Waals surface area contributed by atoms with Crippen molar-refractivity contribution in [3.05, 3.63) is 0 Å². The Hall–Kier alpha value is -1.06. The highest BCUT2D eigenvalue weighted by Gasteiger charge is 2.32. The number of carbonyl (C=O) groups is 2. The summed E-state index contributed by atoms with van der Waals surface area (Å²) in [6.45, 7) is 4.88. The Bertz CT molecular complexity index is 171. The summed E-state index contributed by atoms with van der Waals surface area (Å²) in [5, 5.41) is 2.98. The molecule has 0 aromatic carbocycles. The Morgan fingerprint density at radius 1 is 1.09 bits per heavy atom. The van der Waals surface area contributed by atoms with Gasteiger partial charge >= 0.3 is 0 Å². The Balaban J connectivity index is 2.74. The van der Waals surface area contributed by atoms with Gasteiger partial charge in [-0.15, -0.1) is 0 Å². The first-order valence-corrected chi connectivity index (χ1v) is 3.81. The molecule has 0 spiro atoms. The third-order valence-corrected chi connectivity index (χ3v) is 1.77. The van der Waals surface area contributed by atoms with Crippen molar-refractivity contribution >= 4 is 11.8 Å². The normalized spacial score (nSPS) is 18.4. The van der Waals surface area contributed by atoms with Gasteiger partial charge in [0.05, 0.1) is 0 Å². The van der Waals surface area contributed by atoms with Crippen molar-refractivity contribution < 1.29 is 9.59 Å². The van der Waals surface area contributed by atoms with Gasteiger partial charge in [0, 0.05) is 13.1 Å². The number of hydrogen-bond donors (Lipinski definition) is 0. The van der Waals surface area contributed by atoms with Gasteiger partial charge in [0.25, 0.3) is 11.8 Å². The van der Waals surface area contributed by atoms with E-state index in [0.717, 1.165) is 0 Å². The molecule has 1 fully saturated rings. The van der Waals surface area contributed by atoms with Gasteiger partial charge in [0.15, 0.2) is 0 Å². The van der Waals surface area contributed by atoms with E-state index in [1.807, 2.05) is 13.8 Å². The first-order valence-electron chi connectivity index (χ1n) is 3.81. The van der Waals surface area contributed by atoms with Gasteiger partial charge < -0.3 is 0 Å². The zero-order valence-electron chi connectivity index (χ0n) is 6.83. The maximum Gasteiger partial charge on any atom is 0.250 e. The van der Waals surface area contributed by atoms with Crippen LogP contribution in [0.3, 0.4) is 0 Å². The lowest BCUT2D eigenvalue weighted by atomic mass is 10.4. The summed E-state index contributed by atoms with van der Waals surface area (Å²) in [4.78, 5) is 22.1.